The van der Waals surface area contributed by atoms with Gasteiger partial charge >= 0.3 is 0 Å². The minimum atomic E-state index is -0.0805. The molecule has 3 N–H and O–H groups in total. The summed E-state index contributed by atoms with van der Waals surface area (Å²) in [5, 5.41) is 17.1. The number of anilines is 2. The molecule has 0 saturated carbocycles. The molecule has 1 aromatic carbocycles. The second kappa shape index (κ2) is 8.09. The van der Waals surface area contributed by atoms with Gasteiger partial charge in [0.05, 0.1) is 18.1 Å². The summed E-state index contributed by atoms with van der Waals surface area (Å²) in [7, 11) is 0. The number of hydrogen-bond acceptors (Lipinski definition) is 7. The summed E-state index contributed by atoms with van der Waals surface area (Å²) in [5.74, 6) is 1.38. The maximum atomic E-state index is 12.1. The molecule has 0 aliphatic carbocycles. The molecule has 28 heavy (non-hydrogen) atoms. The first-order valence-electron chi connectivity index (χ1n) is 8.58. The van der Waals surface area contributed by atoms with Crippen LogP contribution in [0.5, 0.6) is 0 Å². The molecule has 4 rings (SSSR count). The summed E-state index contributed by atoms with van der Waals surface area (Å²) in [6.07, 6.45) is 8.67. The Morgan fingerprint density at radius 2 is 2.07 bits per heavy atom. The van der Waals surface area contributed by atoms with Gasteiger partial charge in [0.1, 0.15) is 6.33 Å². The van der Waals surface area contributed by atoms with Crippen molar-refractivity contribution in [1.29, 1.82) is 0 Å². The number of fused-ring (bicyclic) bond motifs is 1. The van der Waals surface area contributed by atoms with Gasteiger partial charge in [0.25, 0.3) is 5.91 Å². The SMILES string of the molecule is CSCCNC(=O)c1ccc(Nc2ncc(-c3cn[nH]c3)n3ncnc23)cc1. The number of hydrogen-bond donors (Lipinski definition) is 3. The highest BCUT2D eigenvalue weighted by Gasteiger charge is 2.12. The Kier molecular flexibility index (Phi) is 5.20. The van der Waals surface area contributed by atoms with E-state index in [0.717, 1.165) is 22.7 Å². The van der Waals surface area contributed by atoms with Crippen molar-refractivity contribution < 1.29 is 4.79 Å². The molecule has 0 unspecified atom stereocenters. The van der Waals surface area contributed by atoms with E-state index in [1.54, 1.807) is 47.0 Å². The van der Waals surface area contributed by atoms with Crippen molar-refractivity contribution >= 4 is 34.8 Å². The number of aromatic nitrogens is 6. The molecule has 3 aromatic heterocycles. The molecular formula is C18H18N8OS. The Morgan fingerprint density at radius 1 is 1.21 bits per heavy atom. The summed E-state index contributed by atoms with van der Waals surface area (Å²) in [6, 6.07) is 7.22. The molecule has 0 saturated heterocycles. The van der Waals surface area contributed by atoms with Crippen LogP contribution in [0.2, 0.25) is 0 Å². The summed E-state index contributed by atoms with van der Waals surface area (Å²) >= 11 is 1.69. The zero-order valence-electron chi connectivity index (χ0n) is 15.1. The predicted octanol–water partition coefficient (Wildman–Crippen LogP) is 2.35. The molecule has 3 heterocycles. The molecule has 0 aliphatic rings. The second-order valence-electron chi connectivity index (χ2n) is 5.93. The van der Waals surface area contributed by atoms with E-state index in [4.69, 9.17) is 0 Å². The molecule has 0 aliphatic heterocycles. The molecular weight excluding hydrogens is 376 g/mol. The van der Waals surface area contributed by atoms with E-state index in [1.165, 1.54) is 6.33 Å². The third-order valence-electron chi connectivity index (χ3n) is 4.10. The van der Waals surface area contributed by atoms with Gasteiger partial charge in [-0.3, -0.25) is 9.89 Å². The fourth-order valence-electron chi connectivity index (χ4n) is 2.70. The van der Waals surface area contributed by atoms with Crippen molar-refractivity contribution in [2.75, 3.05) is 23.9 Å². The Labute approximate surface area is 165 Å². The number of aromatic amines is 1. The zero-order chi connectivity index (χ0) is 19.3. The lowest BCUT2D eigenvalue weighted by Crippen LogP contribution is -2.25. The average Bonchev–Trinajstić information content (AvgIpc) is 3.41. The number of nitrogens with one attached hydrogen (secondary N) is 3. The van der Waals surface area contributed by atoms with Gasteiger partial charge in [-0.05, 0) is 30.5 Å². The first kappa shape index (κ1) is 18.0. The van der Waals surface area contributed by atoms with E-state index >= 15 is 0 Å². The van der Waals surface area contributed by atoms with Crippen molar-refractivity contribution in [3.63, 3.8) is 0 Å². The van der Waals surface area contributed by atoms with Gasteiger partial charge in [0.15, 0.2) is 11.5 Å². The molecule has 0 bridgehead atoms. The number of carbonyl (C=O) groups is 1. The van der Waals surface area contributed by atoms with Gasteiger partial charge in [0, 0.05) is 35.3 Å². The smallest absolute Gasteiger partial charge is 0.251 e. The van der Waals surface area contributed by atoms with Crippen LogP contribution in [0.1, 0.15) is 10.4 Å². The number of amides is 1. The molecule has 10 heteroatoms. The van der Waals surface area contributed by atoms with Gasteiger partial charge in [-0.1, -0.05) is 0 Å². The van der Waals surface area contributed by atoms with Crippen LogP contribution in [0, 0.1) is 0 Å². The summed E-state index contributed by atoms with van der Waals surface area (Å²) in [5.41, 5.74) is 3.66. The van der Waals surface area contributed by atoms with E-state index in [1.807, 2.05) is 18.4 Å². The first-order chi connectivity index (χ1) is 13.8. The lowest BCUT2D eigenvalue weighted by atomic mass is 10.2. The van der Waals surface area contributed by atoms with Crippen LogP contribution in [-0.4, -0.2) is 54.2 Å². The maximum absolute atomic E-state index is 12.1. The van der Waals surface area contributed by atoms with Gasteiger partial charge in [0.2, 0.25) is 0 Å². The molecule has 4 aromatic rings. The molecule has 0 fully saturated rings. The van der Waals surface area contributed by atoms with Gasteiger partial charge in [-0.15, -0.1) is 0 Å². The molecule has 9 nitrogen and oxygen atoms in total. The minimum absolute atomic E-state index is 0.0805. The number of nitrogens with zero attached hydrogens (tertiary/aromatic N) is 5. The first-order valence-corrected chi connectivity index (χ1v) is 9.98. The number of carbonyl (C=O) groups excluding carboxylic acids is 1. The quantitative estimate of drug-likeness (QED) is 0.412. The fraction of sp³-hybridized carbons (Fsp3) is 0.167. The monoisotopic (exact) mass is 394 g/mol. The van der Waals surface area contributed by atoms with Crippen molar-refractivity contribution in [3.8, 4) is 11.3 Å². The van der Waals surface area contributed by atoms with Crippen LogP contribution < -0.4 is 10.6 Å². The highest BCUT2D eigenvalue weighted by molar-refractivity contribution is 7.98. The largest absolute Gasteiger partial charge is 0.351 e. The van der Waals surface area contributed by atoms with E-state index in [0.29, 0.717) is 23.6 Å². The van der Waals surface area contributed by atoms with E-state index in [2.05, 4.69) is 35.9 Å². The number of benzene rings is 1. The fourth-order valence-corrected chi connectivity index (χ4v) is 3.01. The van der Waals surface area contributed by atoms with Crippen molar-refractivity contribution in [1.82, 2.24) is 35.1 Å². The molecule has 1 amide bonds. The van der Waals surface area contributed by atoms with E-state index in [9.17, 15) is 4.79 Å². The van der Waals surface area contributed by atoms with Crippen LogP contribution in [0.3, 0.4) is 0 Å². The van der Waals surface area contributed by atoms with E-state index < -0.39 is 0 Å². The summed E-state index contributed by atoms with van der Waals surface area (Å²) in [6.45, 7) is 0.651. The Balaban J connectivity index is 1.53. The van der Waals surface area contributed by atoms with Gasteiger partial charge in [-0.25, -0.2) is 14.5 Å². The lowest BCUT2D eigenvalue weighted by Gasteiger charge is -2.09. The highest BCUT2D eigenvalue weighted by Crippen LogP contribution is 2.23. The van der Waals surface area contributed by atoms with Crippen molar-refractivity contribution in [3.05, 3.63) is 54.7 Å². The topological polar surface area (TPSA) is 113 Å². The van der Waals surface area contributed by atoms with Crippen LogP contribution in [-0.2, 0) is 0 Å². The third kappa shape index (κ3) is 3.67. The number of rotatable bonds is 7. The minimum Gasteiger partial charge on any atom is -0.351 e. The normalized spacial score (nSPS) is 10.9. The van der Waals surface area contributed by atoms with Crippen LogP contribution in [0.25, 0.3) is 16.9 Å². The standard InChI is InChI=1S/C18H18N8OS/c1-28-7-6-19-18(27)12-2-4-14(5-3-12)25-16-17-21-11-24-26(17)15(10-20-16)13-8-22-23-9-13/h2-5,8-11H,6-7H2,1H3,(H,19,27)(H,20,25)(H,22,23). The highest BCUT2D eigenvalue weighted by atomic mass is 32.2. The Hall–Kier alpha value is -3.40. The third-order valence-corrected chi connectivity index (χ3v) is 4.71. The van der Waals surface area contributed by atoms with Crippen LogP contribution >= 0.6 is 11.8 Å². The molecule has 0 spiro atoms. The molecule has 142 valence electrons. The number of thioether (sulfide) groups is 1. The summed E-state index contributed by atoms with van der Waals surface area (Å²) in [4.78, 5) is 20.9. The predicted molar refractivity (Wildman–Crippen MR) is 109 cm³/mol. The van der Waals surface area contributed by atoms with Crippen molar-refractivity contribution in [2.24, 2.45) is 0 Å². The Bertz CT molecular complexity index is 1070. The molecule has 0 atom stereocenters. The maximum Gasteiger partial charge on any atom is 0.251 e. The number of H-pyrrole nitrogens is 1. The van der Waals surface area contributed by atoms with Crippen molar-refractivity contribution in [2.45, 2.75) is 0 Å². The summed E-state index contributed by atoms with van der Waals surface area (Å²) < 4.78 is 1.70. The Morgan fingerprint density at radius 3 is 2.82 bits per heavy atom. The van der Waals surface area contributed by atoms with Crippen LogP contribution in [0.15, 0.2) is 49.2 Å². The second-order valence-corrected chi connectivity index (χ2v) is 6.91. The van der Waals surface area contributed by atoms with Gasteiger partial charge in [-0.2, -0.15) is 22.0 Å². The van der Waals surface area contributed by atoms with Crippen LogP contribution in [0.4, 0.5) is 11.5 Å². The molecule has 0 radical (unpaired) electrons. The lowest BCUT2D eigenvalue weighted by molar-refractivity contribution is 0.0956. The van der Waals surface area contributed by atoms with E-state index in [-0.39, 0.29) is 5.91 Å². The zero-order valence-corrected chi connectivity index (χ0v) is 15.9. The average molecular weight is 394 g/mol. The van der Waals surface area contributed by atoms with Gasteiger partial charge < -0.3 is 10.6 Å².